The summed E-state index contributed by atoms with van der Waals surface area (Å²) in [4.78, 5) is 21.5. The molecule has 1 amide bonds. The van der Waals surface area contributed by atoms with Crippen LogP contribution in [0.2, 0.25) is 5.02 Å². The van der Waals surface area contributed by atoms with Crippen LogP contribution in [0.25, 0.3) is 0 Å². The zero-order valence-electron chi connectivity index (χ0n) is 10.5. The predicted molar refractivity (Wildman–Crippen MR) is 79.3 cm³/mol. The van der Waals surface area contributed by atoms with Gasteiger partial charge in [0.2, 0.25) is 15.9 Å². The molecule has 0 aliphatic heterocycles. The number of carboxylic acids is 1. The van der Waals surface area contributed by atoms with Gasteiger partial charge >= 0.3 is 5.97 Å². The molecule has 0 bridgehead atoms. The fourth-order valence-electron chi connectivity index (χ4n) is 1.46. The third kappa shape index (κ3) is 5.27. The lowest BCUT2D eigenvalue weighted by Gasteiger charge is -2.15. The van der Waals surface area contributed by atoms with Gasteiger partial charge in [0.15, 0.2) is 0 Å². The Kier molecular flexibility index (Phi) is 6.14. The first-order valence-electron chi connectivity index (χ1n) is 5.62. The molecule has 4 N–H and O–H groups in total. The normalized spacial score (nSPS) is 12.9. The molecule has 0 aliphatic rings. The number of halogens is 2. The number of hydrogen-bond acceptors (Lipinski definition) is 4. The van der Waals surface area contributed by atoms with Crippen LogP contribution in [-0.2, 0) is 19.6 Å². The topological polar surface area (TPSA) is 127 Å². The van der Waals surface area contributed by atoms with Crippen molar-refractivity contribution < 1.29 is 23.1 Å². The Bertz CT molecular complexity index is 665. The van der Waals surface area contributed by atoms with Gasteiger partial charge in [-0.3, -0.25) is 9.59 Å². The fraction of sp³-hybridized carbons (Fsp3) is 0.273. The Morgan fingerprint density at radius 3 is 2.52 bits per heavy atom. The Morgan fingerprint density at radius 2 is 2.05 bits per heavy atom. The number of aliphatic carboxylic acids is 1. The Hall–Kier alpha value is -1.16. The molecule has 0 unspecified atom stereocenters. The summed E-state index contributed by atoms with van der Waals surface area (Å²) in [5.41, 5.74) is 4.92. The van der Waals surface area contributed by atoms with E-state index in [1.54, 1.807) is 0 Å². The number of carbonyl (C=O) groups excluding carboxylic acids is 1. The molecule has 21 heavy (non-hydrogen) atoms. The lowest BCUT2D eigenvalue weighted by molar-refractivity contribution is -0.139. The van der Waals surface area contributed by atoms with E-state index >= 15 is 0 Å². The van der Waals surface area contributed by atoms with Crippen LogP contribution < -0.4 is 10.5 Å². The minimum absolute atomic E-state index is 0.0593. The molecule has 1 rings (SSSR count). The standard InChI is InChI=1S/C11H12BrClN2O5S/c12-6-1-3-9(7(13)5-6)21(19,20)15-8(11(17)18)2-4-10(14)16/h1,3,5,8,15H,2,4H2,(H2,14,16)(H,17,18)/t8-/m1/s1. The lowest BCUT2D eigenvalue weighted by Crippen LogP contribution is -2.41. The van der Waals surface area contributed by atoms with Crippen molar-refractivity contribution in [1.29, 1.82) is 0 Å². The van der Waals surface area contributed by atoms with E-state index in [4.69, 9.17) is 22.4 Å². The van der Waals surface area contributed by atoms with Crippen molar-refractivity contribution in [3.8, 4) is 0 Å². The van der Waals surface area contributed by atoms with Gasteiger partial charge in [0.1, 0.15) is 10.9 Å². The average molecular weight is 400 g/mol. The van der Waals surface area contributed by atoms with Gasteiger partial charge in [-0.15, -0.1) is 0 Å². The minimum atomic E-state index is -4.14. The first kappa shape index (κ1) is 17.9. The number of carboxylic acid groups (broad SMARTS) is 1. The van der Waals surface area contributed by atoms with E-state index < -0.39 is 27.9 Å². The monoisotopic (exact) mass is 398 g/mol. The molecule has 1 aromatic carbocycles. The molecule has 0 fully saturated rings. The molecule has 7 nitrogen and oxygen atoms in total. The number of amides is 1. The van der Waals surface area contributed by atoms with Gasteiger partial charge in [-0.25, -0.2) is 8.42 Å². The zero-order valence-corrected chi connectivity index (χ0v) is 13.7. The maximum atomic E-state index is 12.1. The quantitative estimate of drug-likeness (QED) is 0.633. The first-order chi connectivity index (χ1) is 9.63. The highest BCUT2D eigenvalue weighted by Crippen LogP contribution is 2.25. The van der Waals surface area contributed by atoms with E-state index in [0.29, 0.717) is 4.47 Å². The number of nitrogens with one attached hydrogen (secondary N) is 1. The van der Waals surface area contributed by atoms with Gasteiger partial charge in [-0.1, -0.05) is 27.5 Å². The van der Waals surface area contributed by atoms with Crippen molar-refractivity contribution in [3.05, 3.63) is 27.7 Å². The second kappa shape index (κ2) is 7.21. The molecular formula is C11H12BrClN2O5S. The molecule has 0 saturated carbocycles. The highest BCUT2D eigenvalue weighted by atomic mass is 79.9. The van der Waals surface area contributed by atoms with Crippen LogP contribution in [0.5, 0.6) is 0 Å². The van der Waals surface area contributed by atoms with Gasteiger partial charge in [-0.2, -0.15) is 4.72 Å². The fourth-order valence-corrected chi connectivity index (χ4v) is 3.72. The largest absolute Gasteiger partial charge is 0.480 e. The Balaban J connectivity index is 3.00. The SMILES string of the molecule is NC(=O)CC[C@@H](NS(=O)(=O)c1ccc(Br)cc1Cl)C(=O)O. The Morgan fingerprint density at radius 1 is 1.43 bits per heavy atom. The third-order valence-electron chi connectivity index (χ3n) is 2.46. The summed E-state index contributed by atoms with van der Waals surface area (Å²) in [6.45, 7) is 0. The summed E-state index contributed by atoms with van der Waals surface area (Å²) in [6, 6.07) is 2.60. The second-order valence-corrected chi connectivity index (χ2v) is 7.10. The van der Waals surface area contributed by atoms with Gasteiger partial charge in [0.05, 0.1) is 5.02 Å². The summed E-state index contributed by atoms with van der Waals surface area (Å²) in [5.74, 6) is -2.13. The molecule has 0 radical (unpaired) electrons. The van der Waals surface area contributed by atoms with Gasteiger partial charge < -0.3 is 10.8 Å². The molecule has 0 spiro atoms. The smallest absolute Gasteiger partial charge is 0.321 e. The van der Waals surface area contributed by atoms with Crippen molar-refractivity contribution in [3.63, 3.8) is 0 Å². The van der Waals surface area contributed by atoms with Crippen LogP contribution >= 0.6 is 27.5 Å². The van der Waals surface area contributed by atoms with Crippen molar-refractivity contribution in [2.45, 2.75) is 23.8 Å². The number of nitrogens with two attached hydrogens (primary N) is 1. The number of rotatable bonds is 7. The maximum absolute atomic E-state index is 12.1. The lowest BCUT2D eigenvalue weighted by atomic mass is 10.2. The summed E-state index contributed by atoms with van der Waals surface area (Å²) >= 11 is 8.97. The van der Waals surface area contributed by atoms with Crippen LogP contribution in [-0.4, -0.2) is 31.4 Å². The third-order valence-corrected chi connectivity index (χ3v) is 4.91. The minimum Gasteiger partial charge on any atom is -0.480 e. The van der Waals surface area contributed by atoms with Crippen molar-refractivity contribution >= 4 is 49.4 Å². The summed E-state index contributed by atoms with van der Waals surface area (Å²) in [5, 5.41) is 8.93. The molecular weight excluding hydrogens is 388 g/mol. The number of benzene rings is 1. The number of primary amides is 1. The zero-order chi connectivity index (χ0) is 16.2. The Labute approximate surface area is 134 Å². The molecule has 0 aliphatic carbocycles. The molecule has 0 heterocycles. The molecule has 1 aromatic rings. The molecule has 10 heteroatoms. The first-order valence-corrected chi connectivity index (χ1v) is 8.27. The van der Waals surface area contributed by atoms with E-state index in [-0.39, 0.29) is 22.8 Å². The van der Waals surface area contributed by atoms with Gasteiger partial charge in [0, 0.05) is 10.9 Å². The number of hydrogen-bond donors (Lipinski definition) is 3. The summed E-state index contributed by atoms with van der Waals surface area (Å²) < 4.78 is 26.8. The highest BCUT2D eigenvalue weighted by Gasteiger charge is 2.27. The van der Waals surface area contributed by atoms with Gasteiger partial charge in [-0.05, 0) is 24.6 Å². The van der Waals surface area contributed by atoms with Crippen LogP contribution in [0, 0.1) is 0 Å². The van der Waals surface area contributed by atoms with E-state index in [9.17, 15) is 18.0 Å². The summed E-state index contributed by atoms with van der Waals surface area (Å²) in [7, 11) is -4.14. The molecule has 116 valence electrons. The summed E-state index contributed by atoms with van der Waals surface area (Å²) in [6.07, 6.45) is -0.508. The van der Waals surface area contributed by atoms with Crippen LogP contribution in [0.3, 0.4) is 0 Å². The number of sulfonamides is 1. The highest BCUT2D eigenvalue weighted by molar-refractivity contribution is 9.10. The van der Waals surface area contributed by atoms with Crippen molar-refractivity contribution in [2.24, 2.45) is 5.73 Å². The van der Waals surface area contributed by atoms with Crippen LogP contribution in [0.1, 0.15) is 12.8 Å². The van der Waals surface area contributed by atoms with Crippen molar-refractivity contribution in [1.82, 2.24) is 4.72 Å². The molecule has 1 atom stereocenters. The van der Waals surface area contributed by atoms with Crippen LogP contribution in [0.15, 0.2) is 27.6 Å². The van der Waals surface area contributed by atoms with E-state index in [1.165, 1.54) is 18.2 Å². The molecule has 0 saturated heterocycles. The predicted octanol–water partition coefficient (Wildman–Crippen LogP) is 1.10. The second-order valence-electron chi connectivity index (χ2n) is 4.09. The van der Waals surface area contributed by atoms with E-state index in [2.05, 4.69) is 15.9 Å². The van der Waals surface area contributed by atoms with E-state index in [1.807, 2.05) is 4.72 Å². The average Bonchev–Trinajstić information content (AvgIpc) is 2.33. The van der Waals surface area contributed by atoms with Crippen molar-refractivity contribution in [2.75, 3.05) is 0 Å². The maximum Gasteiger partial charge on any atom is 0.321 e. The van der Waals surface area contributed by atoms with E-state index in [0.717, 1.165) is 0 Å². The number of carbonyl (C=O) groups is 2. The van der Waals surface area contributed by atoms with Gasteiger partial charge in [0.25, 0.3) is 0 Å². The molecule has 0 aromatic heterocycles. The van der Waals surface area contributed by atoms with Crippen LogP contribution in [0.4, 0.5) is 0 Å².